The molecule has 0 fully saturated rings. The highest BCUT2D eigenvalue weighted by Crippen LogP contribution is 2.22. The summed E-state index contributed by atoms with van der Waals surface area (Å²) in [7, 11) is 0. The molecule has 2 heteroatoms. The fourth-order valence-electron chi connectivity index (χ4n) is 1.66. The summed E-state index contributed by atoms with van der Waals surface area (Å²) in [5.41, 5.74) is 6.19. The van der Waals surface area contributed by atoms with Gasteiger partial charge in [-0.3, -0.25) is 5.01 Å². The van der Waals surface area contributed by atoms with E-state index < -0.39 is 0 Å². The molecule has 0 radical (unpaired) electrons. The van der Waals surface area contributed by atoms with Gasteiger partial charge in [0.15, 0.2) is 0 Å². The van der Waals surface area contributed by atoms with Crippen molar-refractivity contribution >= 4 is 0 Å². The van der Waals surface area contributed by atoms with E-state index in [1.807, 2.05) is 6.08 Å². The van der Waals surface area contributed by atoms with Gasteiger partial charge in [0.25, 0.3) is 0 Å². The molecule has 1 N–H and O–H groups in total. The van der Waals surface area contributed by atoms with Gasteiger partial charge < -0.3 is 0 Å². The van der Waals surface area contributed by atoms with Gasteiger partial charge >= 0.3 is 0 Å². The maximum absolute atomic E-state index is 3.31. The molecule has 0 bridgehead atoms. The van der Waals surface area contributed by atoms with Crippen LogP contribution >= 0.6 is 0 Å². The predicted molar refractivity (Wildman–Crippen MR) is 50.1 cm³/mol. The van der Waals surface area contributed by atoms with E-state index in [9.17, 15) is 0 Å². The highest BCUT2D eigenvalue weighted by atomic mass is 15.5. The van der Waals surface area contributed by atoms with Crippen molar-refractivity contribution in [3.05, 3.63) is 35.7 Å². The van der Waals surface area contributed by atoms with E-state index in [1.54, 1.807) is 0 Å². The summed E-state index contributed by atoms with van der Waals surface area (Å²) in [4.78, 5) is 0. The zero-order valence-electron chi connectivity index (χ0n) is 7.38. The minimum absolute atomic E-state index is 1.01. The third kappa shape index (κ3) is 1.18. The molecule has 0 aromatic carbocycles. The van der Waals surface area contributed by atoms with Gasteiger partial charge in [-0.15, -0.1) is 0 Å². The van der Waals surface area contributed by atoms with Gasteiger partial charge in [0.1, 0.15) is 0 Å². The largest absolute Gasteiger partial charge is 0.284 e. The molecular formula is C10H14N2. The molecule has 2 nitrogen and oxygen atoms in total. The van der Waals surface area contributed by atoms with Crippen LogP contribution in [0.3, 0.4) is 0 Å². The fraction of sp³-hybridized carbons (Fsp3) is 0.400. The van der Waals surface area contributed by atoms with Crippen LogP contribution in [0, 0.1) is 0 Å². The molecule has 2 aliphatic heterocycles. The summed E-state index contributed by atoms with van der Waals surface area (Å²) in [5.74, 6) is 0. The van der Waals surface area contributed by atoms with E-state index in [0.29, 0.717) is 0 Å². The summed E-state index contributed by atoms with van der Waals surface area (Å²) in [6.45, 7) is 3.23. The molecule has 2 aliphatic rings. The maximum Gasteiger partial charge on any atom is 0.0576 e. The van der Waals surface area contributed by atoms with Crippen molar-refractivity contribution in [2.45, 2.75) is 19.8 Å². The Morgan fingerprint density at radius 2 is 2.42 bits per heavy atom. The van der Waals surface area contributed by atoms with E-state index in [-0.39, 0.29) is 0 Å². The van der Waals surface area contributed by atoms with Crippen LogP contribution in [0.2, 0.25) is 0 Å². The maximum atomic E-state index is 3.31. The number of hydrazine groups is 1. The van der Waals surface area contributed by atoms with Crippen molar-refractivity contribution in [3.8, 4) is 0 Å². The average molecular weight is 162 g/mol. The van der Waals surface area contributed by atoms with E-state index in [2.05, 4.69) is 35.7 Å². The summed E-state index contributed by atoms with van der Waals surface area (Å²) < 4.78 is 0. The number of allylic oxidation sites excluding steroid dienone is 3. The second-order valence-corrected chi connectivity index (χ2v) is 3.14. The summed E-state index contributed by atoms with van der Waals surface area (Å²) in [5, 5.41) is 2.10. The highest BCUT2D eigenvalue weighted by molar-refractivity contribution is 5.35. The third-order valence-corrected chi connectivity index (χ3v) is 2.24. The van der Waals surface area contributed by atoms with Crippen molar-refractivity contribution in [2.24, 2.45) is 0 Å². The lowest BCUT2D eigenvalue weighted by Gasteiger charge is -2.17. The minimum Gasteiger partial charge on any atom is -0.284 e. The van der Waals surface area contributed by atoms with Crippen molar-refractivity contribution in [3.63, 3.8) is 0 Å². The van der Waals surface area contributed by atoms with E-state index in [0.717, 1.165) is 6.54 Å². The van der Waals surface area contributed by atoms with Gasteiger partial charge in [-0.2, -0.15) is 0 Å². The van der Waals surface area contributed by atoms with Crippen LogP contribution in [0.1, 0.15) is 19.8 Å². The first-order valence-corrected chi connectivity index (χ1v) is 4.51. The second-order valence-electron chi connectivity index (χ2n) is 3.14. The van der Waals surface area contributed by atoms with Crippen molar-refractivity contribution in [1.82, 2.24) is 10.4 Å². The Hall–Kier alpha value is -1.02. The second kappa shape index (κ2) is 3.15. The topological polar surface area (TPSA) is 15.3 Å². The van der Waals surface area contributed by atoms with Gasteiger partial charge in [0.05, 0.1) is 5.70 Å². The summed E-state index contributed by atoms with van der Waals surface area (Å²) >= 11 is 0. The lowest BCUT2D eigenvalue weighted by molar-refractivity contribution is 0.395. The fourth-order valence-corrected chi connectivity index (χ4v) is 1.66. The molecule has 0 saturated heterocycles. The Bertz CT molecular complexity index is 261. The molecular weight excluding hydrogens is 148 g/mol. The highest BCUT2D eigenvalue weighted by Gasteiger charge is 2.18. The Balaban J connectivity index is 2.22. The number of fused-ring (bicyclic) bond motifs is 1. The number of nitrogens with zero attached hydrogens (tertiary/aromatic N) is 1. The zero-order valence-corrected chi connectivity index (χ0v) is 7.38. The summed E-state index contributed by atoms with van der Waals surface area (Å²) in [6, 6.07) is 0. The predicted octanol–water partition coefficient (Wildman–Crippen LogP) is 1.94. The van der Waals surface area contributed by atoms with Crippen molar-refractivity contribution in [2.75, 3.05) is 6.54 Å². The lowest BCUT2D eigenvalue weighted by atomic mass is 10.1. The van der Waals surface area contributed by atoms with Gasteiger partial charge in [0, 0.05) is 12.7 Å². The van der Waals surface area contributed by atoms with E-state index >= 15 is 0 Å². The van der Waals surface area contributed by atoms with Gasteiger partial charge in [-0.25, -0.2) is 5.43 Å². The Labute approximate surface area is 73.2 Å². The molecule has 0 aromatic heterocycles. The van der Waals surface area contributed by atoms with E-state index in [1.165, 1.54) is 24.1 Å². The molecule has 64 valence electrons. The zero-order chi connectivity index (χ0) is 8.39. The minimum atomic E-state index is 1.01. The number of nitrogens with one attached hydrogen (secondary N) is 1. The molecule has 12 heavy (non-hydrogen) atoms. The van der Waals surface area contributed by atoms with Crippen molar-refractivity contribution in [1.29, 1.82) is 0 Å². The van der Waals surface area contributed by atoms with Crippen LogP contribution in [-0.4, -0.2) is 11.6 Å². The van der Waals surface area contributed by atoms with Gasteiger partial charge in [0.2, 0.25) is 0 Å². The quantitative estimate of drug-likeness (QED) is 0.667. The van der Waals surface area contributed by atoms with Crippen LogP contribution in [0.15, 0.2) is 35.7 Å². The third-order valence-electron chi connectivity index (χ3n) is 2.24. The van der Waals surface area contributed by atoms with Crippen LogP contribution in [0.25, 0.3) is 0 Å². The molecule has 0 amide bonds. The smallest absolute Gasteiger partial charge is 0.0576 e. The van der Waals surface area contributed by atoms with Crippen LogP contribution in [-0.2, 0) is 0 Å². The average Bonchev–Trinajstić information content (AvgIpc) is 2.50. The van der Waals surface area contributed by atoms with Gasteiger partial charge in [-0.1, -0.05) is 19.4 Å². The van der Waals surface area contributed by atoms with Crippen LogP contribution < -0.4 is 5.43 Å². The Morgan fingerprint density at radius 3 is 3.25 bits per heavy atom. The normalized spacial score (nSPS) is 20.6. The molecule has 2 rings (SSSR count). The molecule has 0 spiro atoms. The SMILES string of the molecule is CCCC1=C2C=CC=CN2NC1. The Kier molecular flexibility index (Phi) is 2.00. The summed E-state index contributed by atoms with van der Waals surface area (Å²) in [6.07, 6.45) is 10.8. The van der Waals surface area contributed by atoms with Gasteiger partial charge in [-0.05, 0) is 24.1 Å². The van der Waals surface area contributed by atoms with E-state index in [4.69, 9.17) is 0 Å². The molecule has 0 saturated carbocycles. The number of rotatable bonds is 2. The van der Waals surface area contributed by atoms with Crippen LogP contribution in [0.5, 0.6) is 0 Å². The molecule has 2 heterocycles. The number of hydrogen-bond acceptors (Lipinski definition) is 2. The molecule has 0 aliphatic carbocycles. The van der Waals surface area contributed by atoms with Crippen molar-refractivity contribution < 1.29 is 0 Å². The first-order valence-electron chi connectivity index (χ1n) is 4.51. The lowest BCUT2D eigenvalue weighted by Crippen LogP contribution is -2.26. The molecule has 0 atom stereocenters. The molecule has 0 aromatic rings. The first-order chi connectivity index (χ1) is 5.92. The monoisotopic (exact) mass is 162 g/mol. The molecule has 0 unspecified atom stereocenters. The van der Waals surface area contributed by atoms with Crippen LogP contribution in [0.4, 0.5) is 0 Å². The first kappa shape index (κ1) is 7.62. The number of hydrogen-bond donors (Lipinski definition) is 1. The standard InChI is InChI=1S/C10H14N2/c1-2-5-9-8-11-12-7-4-3-6-10(9)12/h3-4,6-7,11H,2,5,8H2,1H3. The Morgan fingerprint density at radius 1 is 1.50 bits per heavy atom.